The Kier molecular flexibility index (Phi) is 8.08. The fraction of sp³-hybridized carbons (Fsp3) is 0.448. The van der Waals surface area contributed by atoms with Crippen molar-refractivity contribution in [3.8, 4) is 5.69 Å². The third-order valence-corrected chi connectivity index (χ3v) is 7.73. The van der Waals surface area contributed by atoms with E-state index in [1.807, 2.05) is 24.4 Å². The minimum atomic E-state index is -1.03. The first kappa shape index (κ1) is 27.4. The predicted molar refractivity (Wildman–Crippen MR) is 140 cm³/mol. The second-order valence-corrected chi connectivity index (χ2v) is 10.4. The molecule has 3 aromatic rings. The molecule has 10 heteroatoms. The minimum Gasteiger partial charge on any atom is -0.390 e. The van der Waals surface area contributed by atoms with E-state index in [9.17, 15) is 18.7 Å². The molecule has 0 bridgehead atoms. The Morgan fingerprint density at radius 1 is 1.08 bits per heavy atom. The maximum Gasteiger partial charge on any atom is 0.217 e. The van der Waals surface area contributed by atoms with Gasteiger partial charge in [0.2, 0.25) is 5.91 Å². The molecule has 2 heterocycles. The van der Waals surface area contributed by atoms with Crippen molar-refractivity contribution in [1.82, 2.24) is 20.4 Å². The Morgan fingerprint density at radius 2 is 1.79 bits per heavy atom. The standard InChI is InChI=1S/C29H34F2N4O4/c1-20(36)34-26(16-21-14-23(30)18-24(31)15-21)27(37)19-32-28(6-8-29(9-7-28)38-12-13-39-29)22-4-2-5-25(17-22)35-11-3-10-33-35/h2-5,10-11,14-15,17-18,26-27,32,37H,6-9,12-13,16,19H2,1H3,(H,34,36). The first-order chi connectivity index (χ1) is 18.8. The van der Waals surface area contributed by atoms with Gasteiger partial charge in [0.1, 0.15) is 11.6 Å². The fourth-order valence-electron chi connectivity index (χ4n) is 5.75. The molecule has 0 radical (unpaired) electrons. The van der Waals surface area contributed by atoms with Gasteiger partial charge in [0.25, 0.3) is 0 Å². The van der Waals surface area contributed by atoms with Gasteiger partial charge in [0.05, 0.1) is 31.0 Å². The highest BCUT2D eigenvalue weighted by Crippen LogP contribution is 2.45. The molecular formula is C29H34F2N4O4. The van der Waals surface area contributed by atoms with E-state index < -0.39 is 35.1 Å². The fourth-order valence-corrected chi connectivity index (χ4v) is 5.75. The summed E-state index contributed by atoms with van der Waals surface area (Å²) in [6.45, 7) is 2.65. The van der Waals surface area contributed by atoms with E-state index in [2.05, 4.69) is 27.9 Å². The lowest BCUT2D eigenvalue weighted by Gasteiger charge is -2.45. The molecule has 1 saturated heterocycles. The molecule has 2 atom stereocenters. The zero-order valence-corrected chi connectivity index (χ0v) is 21.9. The van der Waals surface area contributed by atoms with Crippen LogP contribution in [0.25, 0.3) is 5.69 Å². The maximum absolute atomic E-state index is 13.8. The second-order valence-electron chi connectivity index (χ2n) is 10.4. The molecule has 208 valence electrons. The van der Waals surface area contributed by atoms with Gasteiger partial charge in [-0.2, -0.15) is 5.10 Å². The SMILES string of the molecule is CC(=O)NC(Cc1cc(F)cc(F)c1)C(O)CNC1(c2cccc(-n3cccn3)c2)CCC2(CC1)OCCO2. The highest BCUT2D eigenvalue weighted by molar-refractivity contribution is 5.73. The van der Waals surface area contributed by atoms with Crippen LogP contribution in [0, 0.1) is 11.6 Å². The van der Waals surface area contributed by atoms with Crippen molar-refractivity contribution < 1.29 is 28.2 Å². The molecule has 3 N–H and O–H groups in total. The number of aromatic nitrogens is 2. The van der Waals surface area contributed by atoms with Crippen LogP contribution in [0.15, 0.2) is 60.9 Å². The van der Waals surface area contributed by atoms with Gasteiger partial charge in [-0.1, -0.05) is 12.1 Å². The van der Waals surface area contributed by atoms with Crippen molar-refractivity contribution >= 4 is 5.91 Å². The lowest BCUT2D eigenvalue weighted by molar-refractivity contribution is -0.187. The number of carbonyl (C=O) groups is 1. The van der Waals surface area contributed by atoms with Gasteiger partial charge in [-0.25, -0.2) is 13.5 Å². The van der Waals surface area contributed by atoms with Gasteiger partial charge in [0, 0.05) is 50.3 Å². The molecule has 5 rings (SSSR count). The average molecular weight is 541 g/mol. The molecular weight excluding hydrogens is 506 g/mol. The highest BCUT2D eigenvalue weighted by atomic mass is 19.1. The van der Waals surface area contributed by atoms with Crippen molar-refractivity contribution in [2.75, 3.05) is 19.8 Å². The summed E-state index contributed by atoms with van der Waals surface area (Å²) in [5, 5.41) is 21.9. The zero-order chi connectivity index (χ0) is 27.5. The number of benzene rings is 2. The molecule has 1 spiro atoms. The summed E-state index contributed by atoms with van der Waals surface area (Å²) in [6, 6.07) is 12.4. The number of amides is 1. The number of carbonyl (C=O) groups excluding carboxylic acids is 1. The third kappa shape index (κ3) is 6.36. The number of nitrogens with one attached hydrogen (secondary N) is 2. The monoisotopic (exact) mass is 540 g/mol. The van der Waals surface area contributed by atoms with Gasteiger partial charge in [0.15, 0.2) is 5.79 Å². The van der Waals surface area contributed by atoms with Crippen molar-refractivity contribution in [2.24, 2.45) is 0 Å². The van der Waals surface area contributed by atoms with Gasteiger partial charge in [-0.15, -0.1) is 0 Å². The van der Waals surface area contributed by atoms with Crippen LogP contribution in [0.1, 0.15) is 43.7 Å². The van der Waals surface area contributed by atoms with Gasteiger partial charge in [-0.05, 0) is 60.7 Å². The zero-order valence-electron chi connectivity index (χ0n) is 21.9. The molecule has 2 fully saturated rings. The summed E-state index contributed by atoms with van der Waals surface area (Å²) in [5.41, 5.74) is 1.80. The molecule has 2 aromatic carbocycles. The number of aliphatic hydroxyl groups is 1. The summed E-state index contributed by atoms with van der Waals surface area (Å²) < 4.78 is 41.3. The van der Waals surface area contributed by atoms with Crippen molar-refractivity contribution in [2.45, 2.75) is 62.5 Å². The average Bonchev–Trinajstić information content (AvgIpc) is 3.61. The molecule has 2 unspecified atom stereocenters. The van der Waals surface area contributed by atoms with Crippen LogP contribution in [0.3, 0.4) is 0 Å². The van der Waals surface area contributed by atoms with E-state index >= 15 is 0 Å². The van der Waals surface area contributed by atoms with E-state index in [0.29, 0.717) is 44.5 Å². The summed E-state index contributed by atoms with van der Waals surface area (Å²) in [7, 11) is 0. The second kappa shape index (κ2) is 11.5. The van der Waals surface area contributed by atoms with E-state index in [-0.39, 0.29) is 18.9 Å². The van der Waals surface area contributed by atoms with Crippen LogP contribution in [-0.2, 0) is 26.2 Å². The van der Waals surface area contributed by atoms with Crippen LogP contribution in [-0.4, -0.2) is 58.5 Å². The molecule has 39 heavy (non-hydrogen) atoms. The molecule has 8 nitrogen and oxygen atoms in total. The molecule has 1 aliphatic carbocycles. The number of rotatable bonds is 9. The van der Waals surface area contributed by atoms with Gasteiger partial charge >= 0.3 is 0 Å². The quantitative estimate of drug-likeness (QED) is 0.385. The van der Waals surface area contributed by atoms with Crippen LogP contribution in [0.5, 0.6) is 0 Å². The number of nitrogens with zero attached hydrogens (tertiary/aromatic N) is 2. The Hall–Kier alpha value is -3.18. The number of aliphatic hydroxyl groups excluding tert-OH is 1. The lowest BCUT2D eigenvalue weighted by Crippen LogP contribution is -2.55. The van der Waals surface area contributed by atoms with Crippen LogP contribution in [0.4, 0.5) is 8.78 Å². The Morgan fingerprint density at radius 3 is 2.44 bits per heavy atom. The molecule has 1 amide bonds. The predicted octanol–water partition coefficient (Wildman–Crippen LogP) is 3.36. The van der Waals surface area contributed by atoms with Crippen molar-refractivity contribution in [3.63, 3.8) is 0 Å². The number of hydrogen-bond donors (Lipinski definition) is 3. The van der Waals surface area contributed by atoms with Crippen LogP contribution < -0.4 is 10.6 Å². The first-order valence-electron chi connectivity index (χ1n) is 13.3. The van der Waals surface area contributed by atoms with Crippen LogP contribution in [0.2, 0.25) is 0 Å². The summed E-state index contributed by atoms with van der Waals surface area (Å²) in [4.78, 5) is 11.9. The Bertz CT molecular complexity index is 1250. The molecule has 1 aliphatic heterocycles. The van der Waals surface area contributed by atoms with E-state index in [0.717, 1.165) is 17.3 Å². The van der Waals surface area contributed by atoms with E-state index in [4.69, 9.17) is 9.47 Å². The minimum absolute atomic E-state index is 0.0731. The highest BCUT2D eigenvalue weighted by Gasteiger charge is 2.47. The maximum atomic E-state index is 13.8. The largest absolute Gasteiger partial charge is 0.390 e. The van der Waals surface area contributed by atoms with E-state index in [1.54, 1.807) is 10.9 Å². The number of hydrogen-bond acceptors (Lipinski definition) is 6. The first-order valence-corrected chi connectivity index (χ1v) is 13.3. The van der Waals surface area contributed by atoms with Gasteiger partial charge < -0.3 is 25.2 Å². The smallest absolute Gasteiger partial charge is 0.217 e. The Labute approximate surface area is 226 Å². The van der Waals surface area contributed by atoms with Crippen LogP contribution >= 0.6 is 0 Å². The molecule has 2 aliphatic rings. The van der Waals surface area contributed by atoms with Gasteiger partial charge in [-0.3, -0.25) is 4.79 Å². The van der Waals surface area contributed by atoms with E-state index in [1.165, 1.54) is 19.1 Å². The molecule has 1 saturated carbocycles. The normalized spacial score (nSPS) is 19.6. The molecule has 1 aromatic heterocycles. The lowest BCUT2D eigenvalue weighted by atomic mass is 9.74. The summed E-state index contributed by atoms with van der Waals surface area (Å²) in [5.74, 6) is -2.33. The summed E-state index contributed by atoms with van der Waals surface area (Å²) in [6.07, 6.45) is 5.41. The number of halogens is 2. The van der Waals surface area contributed by atoms with Crippen molar-refractivity contribution in [3.05, 3.63) is 83.7 Å². The summed E-state index contributed by atoms with van der Waals surface area (Å²) >= 11 is 0. The number of ether oxygens (including phenoxy) is 2. The van der Waals surface area contributed by atoms with Crippen molar-refractivity contribution in [1.29, 1.82) is 0 Å². The topological polar surface area (TPSA) is 97.6 Å². The third-order valence-electron chi connectivity index (χ3n) is 7.73. The Balaban J connectivity index is 1.38.